The van der Waals surface area contributed by atoms with Gasteiger partial charge in [-0.15, -0.1) is 0 Å². The Bertz CT molecular complexity index is 460. The average Bonchev–Trinajstić information content (AvgIpc) is 2.29. The smallest absolute Gasteiger partial charge is 0.338 e. The summed E-state index contributed by atoms with van der Waals surface area (Å²) >= 11 is 6.45. The zero-order valence-corrected chi connectivity index (χ0v) is 12.6. The molecule has 0 saturated heterocycles. The summed E-state index contributed by atoms with van der Waals surface area (Å²) in [5, 5.41) is 9.58. The molecule has 0 atom stereocenters. The van der Waals surface area contributed by atoms with Crippen molar-refractivity contribution in [1.82, 2.24) is 0 Å². The van der Waals surface area contributed by atoms with Crippen LogP contribution in [0.25, 0.3) is 0 Å². The number of carbonyl (C=O) groups excluding carboxylic acids is 1. The fourth-order valence-corrected chi connectivity index (χ4v) is 2.32. The lowest BCUT2D eigenvalue weighted by Gasteiger charge is -2.24. The molecule has 0 saturated carbocycles. The van der Waals surface area contributed by atoms with Crippen molar-refractivity contribution in [1.29, 1.82) is 0 Å². The molecule has 0 aliphatic carbocycles. The van der Waals surface area contributed by atoms with E-state index in [1.807, 2.05) is 0 Å². The fourth-order valence-electron chi connectivity index (χ4n) is 1.31. The van der Waals surface area contributed by atoms with E-state index in [1.54, 1.807) is 12.1 Å². The van der Waals surface area contributed by atoms with Gasteiger partial charge in [-0.1, -0.05) is 15.9 Å². The second kappa shape index (κ2) is 6.12. The van der Waals surface area contributed by atoms with Gasteiger partial charge in [0, 0.05) is 10.9 Å². The van der Waals surface area contributed by atoms with Crippen LogP contribution in [-0.4, -0.2) is 39.5 Å². The second-order valence-corrected chi connectivity index (χ2v) is 4.80. The first kappa shape index (κ1) is 15.6. The highest BCUT2D eigenvalue weighted by Gasteiger charge is 2.22. The topological polar surface area (TPSA) is 55.8 Å². The molecule has 0 aliphatic heterocycles. The van der Waals surface area contributed by atoms with Crippen molar-refractivity contribution in [3.05, 3.63) is 27.7 Å². The van der Waals surface area contributed by atoms with E-state index in [0.717, 1.165) is 0 Å². The van der Waals surface area contributed by atoms with Crippen LogP contribution >= 0.6 is 31.9 Å². The Balaban J connectivity index is 3.35. The van der Waals surface area contributed by atoms with Crippen LogP contribution in [0.5, 0.6) is 5.75 Å². The van der Waals surface area contributed by atoms with E-state index in [9.17, 15) is 9.90 Å². The molecule has 0 fully saturated rings. The molecule has 18 heavy (non-hydrogen) atoms. The minimum Gasteiger partial charge on any atom is -0.480 e. The van der Waals surface area contributed by atoms with Crippen molar-refractivity contribution in [2.45, 2.75) is 10.9 Å². The highest BCUT2D eigenvalue weighted by molar-refractivity contribution is 9.10. The minimum absolute atomic E-state index is 0.169. The second-order valence-electron chi connectivity index (χ2n) is 3.38. The van der Waals surface area contributed by atoms with Crippen molar-refractivity contribution in [2.75, 3.05) is 7.11 Å². The average molecular weight is 374 g/mol. The Morgan fingerprint density at radius 2 is 2.11 bits per heavy atom. The van der Waals surface area contributed by atoms with Crippen LogP contribution in [-0.2, 0) is 10.1 Å². The van der Waals surface area contributed by atoms with Gasteiger partial charge in [-0.3, -0.25) is 0 Å². The number of ether oxygens (including phenoxy) is 2. The third-order valence-electron chi connectivity index (χ3n) is 2.02. The standard InChI is InChI=1S/C10H8B2Br2O4/c1-17-9(15)5-2-3-7(14)8(6(5)4-13)18-10(11,12)16/h2-3,16H,4H2,1H3. The number of hydrogen-bond acceptors (Lipinski definition) is 4. The molecule has 0 bridgehead atoms. The molecule has 1 aromatic rings. The maximum Gasteiger partial charge on any atom is 0.338 e. The first-order valence-electron chi connectivity index (χ1n) is 4.75. The Kier molecular flexibility index (Phi) is 5.31. The van der Waals surface area contributed by atoms with Crippen molar-refractivity contribution in [3.63, 3.8) is 0 Å². The number of aliphatic hydroxyl groups is 1. The Hall–Kier alpha value is -0.460. The van der Waals surface area contributed by atoms with Gasteiger partial charge >= 0.3 is 5.97 Å². The molecule has 92 valence electrons. The van der Waals surface area contributed by atoms with Gasteiger partial charge in [0.2, 0.25) is 0 Å². The third-order valence-corrected chi connectivity index (χ3v) is 3.20. The summed E-state index contributed by atoms with van der Waals surface area (Å²) in [6, 6.07) is 3.13. The van der Waals surface area contributed by atoms with Crippen molar-refractivity contribution < 1.29 is 19.4 Å². The van der Waals surface area contributed by atoms with Crippen LogP contribution in [0.4, 0.5) is 0 Å². The monoisotopic (exact) mass is 372 g/mol. The van der Waals surface area contributed by atoms with Crippen LogP contribution in [0.2, 0.25) is 0 Å². The summed E-state index contributed by atoms with van der Waals surface area (Å²) in [4.78, 5) is 11.6. The lowest BCUT2D eigenvalue weighted by Crippen LogP contribution is -2.37. The predicted molar refractivity (Wildman–Crippen MR) is 75.2 cm³/mol. The van der Waals surface area contributed by atoms with Gasteiger partial charge in [-0.2, -0.15) is 0 Å². The molecule has 4 nitrogen and oxygen atoms in total. The minimum atomic E-state index is -2.34. The third kappa shape index (κ3) is 3.76. The summed E-state index contributed by atoms with van der Waals surface area (Å²) < 4.78 is 10.2. The van der Waals surface area contributed by atoms with Gasteiger partial charge in [0.05, 0.1) is 17.1 Å². The molecule has 0 spiro atoms. The molecule has 0 heterocycles. The van der Waals surface area contributed by atoms with Gasteiger partial charge in [-0.05, 0) is 28.1 Å². The van der Waals surface area contributed by atoms with E-state index in [4.69, 9.17) is 20.4 Å². The van der Waals surface area contributed by atoms with Crippen LogP contribution in [0, 0.1) is 0 Å². The van der Waals surface area contributed by atoms with E-state index in [-0.39, 0.29) is 11.3 Å². The van der Waals surface area contributed by atoms with Gasteiger partial charge < -0.3 is 14.6 Å². The van der Waals surface area contributed by atoms with Gasteiger partial charge in [0.25, 0.3) is 0 Å². The number of hydrogen-bond donors (Lipinski definition) is 1. The van der Waals surface area contributed by atoms with Crippen molar-refractivity contribution >= 4 is 53.5 Å². The normalized spacial score (nSPS) is 11.1. The molecule has 1 N–H and O–H groups in total. The van der Waals surface area contributed by atoms with E-state index in [0.29, 0.717) is 15.4 Å². The lowest BCUT2D eigenvalue weighted by molar-refractivity contribution is 0.0114. The number of esters is 1. The van der Waals surface area contributed by atoms with Crippen molar-refractivity contribution in [2.24, 2.45) is 0 Å². The summed E-state index contributed by atoms with van der Waals surface area (Å²) in [5.41, 5.74) is -1.59. The molecule has 8 heteroatoms. The number of benzene rings is 1. The number of carbonyl (C=O) groups is 1. The molecule has 0 aromatic heterocycles. The molecule has 0 amide bonds. The van der Waals surface area contributed by atoms with E-state index >= 15 is 0 Å². The van der Waals surface area contributed by atoms with Crippen LogP contribution in [0.3, 0.4) is 0 Å². The van der Waals surface area contributed by atoms with Crippen molar-refractivity contribution in [3.8, 4) is 5.75 Å². The van der Waals surface area contributed by atoms with Gasteiger partial charge in [0.15, 0.2) is 15.7 Å². The number of methoxy groups -OCH3 is 1. The molecular formula is C10H8B2Br2O4. The molecule has 1 aromatic carbocycles. The number of rotatable bonds is 4. The highest BCUT2D eigenvalue weighted by atomic mass is 79.9. The zero-order valence-electron chi connectivity index (χ0n) is 9.44. The molecule has 1 rings (SSSR count). The van der Waals surface area contributed by atoms with E-state index in [2.05, 4.69) is 36.6 Å². The quantitative estimate of drug-likeness (QED) is 0.376. The number of alkyl halides is 1. The highest BCUT2D eigenvalue weighted by Crippen LogP contribution is 2.35. The molecule has 0 unspecified atom stereocenters. The van der Waals surface area contributed by atoms with Gasteiger partial charge in [0.1, 0.15) is 11.3 Å². The van der Waals surface area contributed by atoms with Crippen LogP contribution in [0.1, 0.15) is 15.9 Å². The summed E-state index contributed by atoms with van der Waals surface area (Å²) in [5.74, 6) is -0.360. The maximum atomic E-state index is 11.6. The summed E-state index contributed by atoms with van der Waals surface area (Å²) in [6.45, 7) is 0. The predicted octanol–water partition coefficient (Wildman–Crippen LogP) is 1.45. The van der Waals surface area contributed by atoms with Crippen LogP contribution < -0.4 is 4.74 Å². The first-order valence-corrected chi connectivity index (χ1v) is 6.66. The van der Waals surface area contributed by atoms with E-state index < -0.39 is 11.6 Å². The largest absolute Gasteiger partial charge is 0.480 e. The lowest BCUT2D eigenvalue weighted by atomic mass is 9.76. The van der Waals surface area contributed by atoms with E-state index in [1.165, 1.54) is 7.11 Å². The Morgan fingerprint density at radius 3 is 2.56 bits per heavy atom. The number of halogens is 2. The molecule has 0 aliphatic rings. The summed E-state index contributed by atoms with van der Waals surface area (Å²) in [6.07, 6.45) is 0. The van der Waals surface area contributed by atoms with Crippen LogP contribution in [0.15, 0.2) is 16.6 Å². The van der Waals surface area contributed by atoms with Gasteiger partial charge in [-0.25, -0.2) is 4.79 Å². The first-order chi connectivity index (χ1) is 8.30. The SMILES string of the molecule is [B]C([B])(O)Oc1c(Br)ccc(C(=O)OC)c1CBr. The summed E-state index contributed by atoms with van der Waals surface area (Å²) in [7, 11) is 11.6. The Labute approximate surface area is 124 Å². The fraction of sp³-hybridized carbons (Fsp3) is 0.300. The molecule has 4 radical (unpaired) electrons. The molecular weight excluding hydrogens is 366 g/mol. The maximum absolute atomic E-state index is 11.6. The zero-order chi connectivity index (χ0) is 13.9. The Morgan fingerprint density at radius 1 is 1.50 bits per heavy atom.